The standard InChI is InChI=1S/C9H11N3O4/c13-9(10-4-2-6-12(15)16)8-3-1-5-11(14)7-8/h1,3,5,7H,2,4,6H2,(H,10,13). The maximum Gasteiger partial charge on any atom is 0.257 e. The first-order chi connectivity index (χ1) is 7.59. The van der Waals surface area contributed by atoms with Crippen LogP contribution in [0.4, 0.5) is 0 Å². The molecule has 0 saturated carbocycles. The van der Waals surface area contributed by atoms with Crippen LogP contribution in [-0.4, -0.2) is 23.9 Å². The Morgan fingerprint density at radius 2 is 2.31 bits per heavy atom. The van der Waals surface area contributed by atoms with E-state index in [2.05, 4.69) is 5.32 Å². The largest absolute Gasteiger partial charge is 0.619 e. The number of hydrogen-bond donors (Lipinski definition) is 1. The second-order valence-corrected chi connectivity index (χ2v) is 3.12. The van der Waals surface area contributed by atoms with Gasteiger partial charge in [0.15, 0.2) is 12.4 Å². The number of nitrogens with zero attached hydrogens (tertiary/aromatic N) is 2. The van der Waals surface area contributed by atoms with Crippen molar-refractivity contribution in [1.29, 1.82) is 0 Å². The monoisotopic (exact) mass is 225 g/mol. The molecule has 7 nitrogen and oxygen atoms in total. The van der Waals surface area contributed by atoms with E-state index in [0.29, 0.717) is 4.73 Å². The van der Waals surface area contributed by atoms with Crippen molar-refractivity contribution in [3.63, 3.8) is 0 Å². The Hall–Kier alpha value is -2.18. The summed E-state index contributed by atoms with van der Waals surface area (Å²) >= 11 is 0. The predicted octanol–water partition coefficient (Wildman–Crippen LogP) is -0.283. The van der Waals surface area contributed by atoms with Crippen LogP contribution < -0.4 is 10.0 Å². The summed E-state index contributed by atoms with van der Waals surface area (Å²) in [5.41, 5.74) is 0.235. The second-order valence-electron chi connectivity index (χ2n) is 3.12. The molecular formula is C9H11N3O4. The topological polar surface area (TPSA) is 99.2 Å². The molecule has 0 atom stereocenters. The van der Waals surface area contributed by atoms with E-state index < -0.39 is 10.8 Å². The van der Waals surface area contributed by atoms with Crippen LogP contribution in [0.2, 0.25) is 0 Å². The molecule has 0 aliphatic carbocycles. The van der Waals surface area contributed by atoms with Crippen molar-refractivity contribution >= 4 is 5.91 Å². The third-order valence-electron chi connectivity index (χ3n) is 1.84. The summed E-state index contributed by atoms with van der Waals surface area (Å²) in [5.74, 6) is -0.409. The van der Waals surface area contributed by atoms with Crippen LogP contribution in [0.1, 0.15) is 16.8 Å². The van der Waals surface area contributed by atoms with Crippen LogP contribution in [0.15, 0.2) is 24.5 Å². The summed E-state index contributed by atoms with van der Waals surface area (Å²) in [7, 11) is 0. The first kappa shape index (κ1) is 11.9. The molecule has 0 radical (unpaired) electrons. The Kier molecular flexibility index (Phi) is 4.19. The smallest absolute Gasteiger partial charge is 0.257 e. The van der Waals surface area contributed by atoms with Gasteiger partial charge in [-0.25, -0.2) is 0 Å². The summed E-state index contributed by atoms with van der Waals surface area (Å²) in [6.07, 6.45) is 2.68. The number of nitro groups is 1. The molecule has 0 spiro atoms. The molecule has 1 heterocycles. The Labute approximate surface area is 91.4 Å². The molecule has 7 heteroatoms. The van der Waals surface area contributed by atoms with E-state index in [-0.39, 0.29) is 25.1 Å². The van der Waals surface area contributed by atoms with Gasteiger partial charge in [0.25, 0.3) is 5.91 Å². The fraction of sp³-hybridized carbons (Fsp3) is 0.333. The van der Waals surface area contributed by atoms with Gasteiger partial charge in [0, 0.05) is 24.0 Å². The molecule has 1 amide bonds. The third kappa shape index (κ3) is 3.91. The Morgan fingerprint density at radius 3 is 2.94 bits per heavy atom. The number of aromatic nitrogens is 1. The molecule has 1 N–H and O–H groups in total. The van der Waals surface area contributed by atoms with E-state index in [1.165, 1.54) is 18.3 Å². The van der Waals surface area contributed by atoms with Crippen LogP contribution in [-0.2, 0) is 0 Å². The lowest BCUT2D eigenvalue weighted by Gasteiger charge is -2.02. The zero-order valence-corrected chi connectivity index (χ0v) is 8.46. The molecule has 0 aromatic carbocycles. The molecule has 0 unspecified atom stereocenters. The van der Waals surface area contributed by atoms with Gasteiger partial charge in [-0.2, -0.15) is 4.73 Å². The van der Waals surface area contributed by atoms with Gasteiger partial charge >= 0.3 is 0 Å². The molecule has 86 valence electrons. The number of nitrogens with one attached hydrogen (secondary N) is 1. The molecule has 0 saturated heterocycles. The molecule has 0 aliphatic heterocycles. The highest BCUT2D eigenvalue weighted by molar-refractivity contribution is 5.93. The number of carbonyl (C=O) groups excluding carboxylic acids is 1. The molecule has 1 aromatic rings. The highest BCUT2D eigenvalue weighted by Crippen LogP contribution is 1.93. The molecule has 0 fully saturated rings. The van der Waals surface area contributed by atoms with Crippen LogP contribution in [0, 0.1) is 15.3 Å². The number of rotatable bonds is 5. The van der Waals surface area contributed by atoms with Gasteiger partial charge in [0.1, 0.15) is 5.56 Å². The van der Waals surface area contributed by atoms with Gasteiger partial charge in [0.2, 0.25) is 6.54 Å². The lowest BCUT2D eigenvalue weighted by Crippen LogP contribution is -2.30. The molecule has 0 bridgehead atoms. The van der Waals surface area contributed by atoms with Gasteiger partial charge in [0.05, 0.1) is 0 Å². The van der Waals surface area contributed by atoms with Crippen LogP contribution in [0.5, 0.6) is 0 Å². The molecule has 1 rings (SSSR count). The fourth-order valence-corrected chi connectivity index (χ4v) is 1.10. The van der Waals surface area contributed by atoms with Gasteiger partial charge < -0.3 is 10.5 Å². The SMILES string of the molecule is O=C(NCCC[N+](=O)[O-])c1ccc[n+]([O-])c1. The lowest BCUT2D eigenvalue weighted by atomic mass is 10.2. The lowest BCUT2D eigenvalue weighted by molar-refractivity contribution is -0.605. The number of carbonyl (C=O) groups is 1. The number of amides is 1. The predicted molar refractivity (Wildman–Crippen MR) is 54.2 cm³/mol. The van der Waals surface area contributed by atoms with Crippen molar-refractivity contribution in [3.8, 4) is 0 Å². The first-order valence-corrected chi connectivity index (χ1v) is 4.68. The van der Waals surface area contributed by atoms with E-state index in [4.69, 9.17) is 0 Å². The second kappa shape index (κ2) is 5.64. The third-order valence-corrected chi connectivity index (χ3v) is 1.84. The number of hydrogen-bond acceptors (Lipinski definition) is 4. The maximum atomic E-state index is 11.4. The van der Waals surface area contributed by atoms with E-state index in [0.717, 1.165) is 6.20 Å². The Balaban J connectivity index is 2.38. The van der Waals surface area contributed by atoms with E-state index in [1.807, 2.05) is 0 Å². The average Bonchev–Trinajstić information content (AvgIpc) is 2.24. The van der Waals surface area contributed by atoms with Gasteiger partial charge in [-0.15, -0.1) is 0 Å². The molecular weight excluding hydrogens is 214 g/mol. The highest BCUT2D eigenvalue weighted by atomic mass is 16.6. The minimum atomic E-state index is -0.444. The summed E-state index contributed by atoms with van der Waals surface area (Å²) in [5, 5.41) is 23.4. The van der Waals surface area contributed by atoms with E-state index in [9.17, 15) is 20.1 Å². The van der Waals surface area contributed by atoms with E-state index in [1.54, 1.807) is 0 Å². The van der Waals surface area contributed by atoms with Crippen molar-refractivity contribution in [2.75, 3.05) is 13.1 Å². The Bertz CT molecular complexity index is 394. The zero-order chi connectivity index (χ0) is 12.0. The Morgan fingerprint density at radius 1 is 1.56 bits per heavy atom. The summed E-state index contributed by atoms with van der Waals surface area (Å²) in [6.45, 7) is 0.0319. The van der Waals surface area contributed by atoms with Crippen LogP contribution in [0.25, 0.3) is 0 Å². The van der Waals surface area contributed by atoms with Crippen molar-refractivity contribution in [2.24, 2.45) is 0 Å². The average molecular weight is 225 g/mol. The molecule has 1 aromatic heterocycles. The van der Waals surface area contributed by atoms with Crippen LogP contribution >= 0.6 is 0 Å². The normalized spacial score (nSPS) is 9.75. The quantitative estimate of drug-likeness (QED) is 0.245. The van der Waals surface area contributed by atoms with Gasteiger partial charge in [-0.05, 0) is 6.07 Å². The van der Waals surface area contributed by atoms with Crippen LogP contribution in [0.3, 0.4) is 0 Å². The number of pyridine rings is 1. The highest BCUT2D eigenvalue weighted by Gasteiger charge is 2.08. The van der Waals surface area contributed by atoms with Crippen molar-refractivity contribution in [3.05, 3.63) is 45.4 Å². The maximum absolute atomic E-state index is 11.4. The summed E-state index contributed by atoms with van der Waals surface area (Å²) in [6, 6.07) is 2.95. The first-order valence-electron chi connectivity index (χ1n) is 4.68. The van der Waals surface area contributed by atoms with Gasteiger partial charge in [-0.1, -0.05) is 0 Å². The zero-order valence-electron chi connectivity index (χ0n) is 8.46. The van der Waals surface area contributed by atoms with Crippen molar-refractivity contribution in [1.82, 2.24) is 5.32 Å². The molecule has 16 heavy (non-hydrogen) atoms. The van der Waals surface area contributed by atoms with Crippen molar-refractivity contribution < 1.29 is 14.4 Å². The van der Waals surface area contributed by atoms with E-state index >= 15 is 0 Å². The van der Waals surface area contributed by atoms with Gasteiger partial charge in [-0.3, -0.25) is 14.9 Å². The summed E-state index contributed by atoms with van der Waals surface area (Å²) in [4.78, 5) is 21.0. The van der Waals surface area contributed by atoms with Crippen molar-refractivity contribution in [2.45, 2.75) is 6.42 Å². The fourth-order valence-electron chi connectivity index (χ4n) is 1.10. The molecule has 0 aliphatic rings. The summed E-state index contributed by atoms with van der Waals surface area (Å²) < 4.78 is 0.520. The minimum absolute atomic E-state index is 0.184. The minimum Gasteiger partial charge on any atom is -0.619 e.